The van der Waals surface area contributed by atoms with Gasteiger partial charge in [-0.05, 0) is 38.6 Å². The maximum Gasteiger partial charge on any atom is 0.122 e. The fourth-order valence-corrected chi connectivity index (χ4v) is 2.00. The predicted octanol–water partition coefficient (Wildman–Crippen LogP) is 2.17. The largest absolute Gasteiger partial charge is 0.496 e. The Bertz CT molecular complexity index is 341. The summed E-state index contributed by atoms with van der Waals surface area (Å²) >= 11 is 0. The van der Waals surface area contributed by atoms with Gasteiger partial charge in [0.2, 0.25) is 0 Å². The van der Waals surface area contributed by atoms with Crippen molar-refractivity contribution in [3.8, 4) is 5.75 Å². The molecule has 0 saturated heterocycles. The molecule has 1 rings (SSSR count). The molecule has 1 aromatic rings. The average molecular weight is 250 g/mol. The Labute approximate surface area is 111 Å². The van der Waals surface area contributed by atoms with E-state index in [0.29, 0.717) is 6.04 Å². The summed E-state index contributed by atoms with van der Waals surface area (Å²) in [5.74, 6) is 0.990. The maximum absolute atomic E-state index is 5.39. The van der Waals surface area contributed by atoms with Crippen LogP contribution < -0.4 is 10.1 Å². The van der Waals surface area contributed by atoms with Crippen LogP contribution in [0.25, 0.3) is 0 Å². The number of methoxy groups -OCH3 is 1. The third-order valence-electron chi connectivity index (χ3n) is 3.35. The van der Waals surface area contributed by atoms with Crippen molar-refractivity contribution in [2.75, 3.05) is 33.8 Å². The van der Waals surface area contributed by atoms with Crippen LogP contribution in [0.1, 0.15) is 19.4 Å². The highest BCUT2D eigenvalue weighted by Crippen LogP contribution is 2.19. The number of nitrogens with zero attached hydrogens (tertiary/aromatic N) is 1. The molecular weight excluding hydrogens is 224 g/mol. The van der Waals surface area contributed by atoms with Crippen molar-refractivity contribution in [1.29, 1.82) is 0 Å². The zero-order chi connectivity index (χ0) is 13.4. The molecule has 1 atom stereocenters. The molecule has 1 unspecified atom stereocenters. The molecule has 0 fully saturated rings. The Morgan fingerprint density at radius 2 is 2.06 bits per heavy atom. The van der Waals surface area contributed by atoms with Gasteiger partial charge in [-0.25, -0.2) is 0 Å². The molecule has 1 N–H and O–H groups in total. The molecule has 0 saturated carbocycles. The van der Waals surface area contributed by atoms with Crippen molar-refractivity contribution in [2.24, 2.45) is 0 Å². The van der Waals surface area contributed by atoms with Crippen LogP contribution in [0, 0.1) is 0 Å². The smallest absolute Gasteiger partial charge is 0.122 e. The molecule has 0 aliphatic carbocycles. The first kappa shape index (κ1) is 15.0. The lowest BCUT2D eigenvalue weighted by Gasteiger charge is -2.25. The molecule has 18 heavy (non-hydrogen) atoms. The van der Waals surface area contributed by atoms with E-state index in [2.05, 4.69) is 43.2 Å². The van der Waals surface area contributed by atoms with Gasteiger partial charge in [0.25, 0.3) is 0 Å². The minimum absolute atomic E-state index is 0.514. The Balaban J connectivity index is 2.50. The second-order valence-corrected chi connectivity index (χ2v) is 4.70. The highest BCUT2D eigenvalue weighted by Gasteiger charge is 2.11. The number of para-hydroxylation sites is 1. The minimum atomic E-state index is 0.514. The topological polar surface area (TPSA) is 24.5 Å². The van der Waals surface area contributed by atoms with Crippen LogP contribution in [-0.4, -0.2) is 44.7 Å². The first-order valence-electron chi connectivity index (χ1n) is 6.71. The van der Waals surface area contributed by atoms with Gasteiger partial charge in [-0.15, -0.1) is 0 Å². The van der Waals surface area contributed by atoms with Crippen LogP contribution in [0.4, 0.5) is 0 Å². The van der Waals surface area contributed by atoms with Gasteiger partial charge >= 0.3 is 0 Å². The molecular formula is C15H26N2O. The number of likely N-dealkylation sites (N-methyl/N-ethyl adjacent to an activating group) is 2. The fourth-order valence-electron chi connectivity index (χ4n) is 2.00. The number of ether oxygens (including phenoxy) is 1. The van der Waals surface area contributed by atoms with Crippen molar-refractivity contribution in [2.45, 2.75) is 26.3 Å². The van der Waals surface area contributed by atoms with E-state index in [9.17, 15) is 0 Å². The van der Waals surface area contributed by atoms with E-state index in [1.165, 1.54) is 5.56 Å². The van der Waals surface area contributed by atoms with Gasteiger partial charge in [-0.1, -0.05) is 25.1 Å². The minimum Gasteiger partial charge on any atom is -0.496 e. The molecule has 102 valence electrons. The van der Waals surface area contributed by atoms with Gasteiger partial charge in [0, 0.05) is 19.1 Å². The Morgan fingerprint density at radius 1 is 1.33 bits per heavy atom. The number of nitrogens with one attached hydrogen (secondary N) is 1. The number of hydrogen-bond donors (Lipinski definition) is 1. The highest BCUT2D eigenvalue weighted by atomic mass is 16.5. The van der Waals surface area contributed by atoms with E-state index in [1.807, 2.05) is 12.1 Å². The van der Waals surface area contributed by atoms with Crippen LogP contribution >= 0.6 is 0 Å². The first-order chi connectivity index (χ1) is 8.69. The second-order valence-electron chi connectivity index (χ2n) is 4.70. The molecule has 0 heterocycles. The third kappa shape index (κ3) is 4.67. The monoisotopic (exact) mass is 250 g/mol. The molecule has 3 heteroatoms. The normalized spacial score (nSPS) is 12.7. The summed E-state index contributed by atoms with van der Waals surface area (Å²) < 4.78 is 5.39. The Hall–Kier alpha value is -1.06. The van der Waals surface area contributed by atoms with Crippen LogP contribution in [0.5, 0.6) is 5.75 Å². The average Bonchev–Trinajstić information content (AvgIpc) is 2.39. The quantitative estimate of drug-likeness (QED) is 0.716. The van der Waals surface area contributed by atoms with Crippen LogP contribution in [0.3, 0.4) is 0 Å². The predicted molar refractivity (Wildman–Crippen MR) is 77.3 cm³/mol. The molecule has 3 nitrogen and oxygen atoms in total. The summed E-state index contributed by atoms with van der Waals surface area (Å²) in [4.78, 5) is 2.38. The fraction of sp³-hybridized carbons (Fsp3) is 0.600. The summed E-state index contributed by atoms with van der Waals surface area (Å²) in [5.41, 5.74) is 1.28. The molecule has 0 aliphatic rings. The van der Waals surface area contributed by atoms with Gasteiger partial charge in [-0.3, -0.25) is 0 Å². The first-order valence-corrected chi connectivity index (χ1v) is 6.71. The zero-order valence-corrected chi connectivity index (χ0v) is 12.1. The molecule has 0 aliphatic heterocycles. The van der Waals surface area contributed by atoms with Crippen molar-refractivity contribution in [3.63, 3.8) is 0 Å². The van der Waals surface area contributed by atoms with Crippen molar-refractivity contribution >= 4 is 0 Å². The van der Waals surface area contributed by atoms with Crippen LogP contribution in [-0.2, 0) is 6.42 Å². The van der Waals surface area contributed by atoms with Gasteiger partial charge in [-0.2, -0.15) is 0 Å². The molecule has 0 spiro atoms. The summed E-state index contributed by atoms with van der Waals surface area (Å²) in [6.45, 7) is 7.55. The van der Waals surface area contributed by atoms with Crippen molar-refractivity contribution < 1.29 is 4.74 Å². The van der Waals surface area contributed by atoms with E-state index in [0.717, 1.165) is 31.8 Å². The second kappa shape index (κ2) is 8.11. The lowest BCUT2D eigenvalue weighted by atomic mass is 10.1. The molecule has 0 aromatic heterocycles. The Kier molecular flexibility index (Phi) is 6.76. The molecule has 1 aromatic carbocycles. The molecule has 0 amide bonds. The highest BCUT2D eigenvalue weighted by molar-refractivity contribution is 5.33. The number of rotatable bonds is 8. The van der Waals surface area contributed by atoms with E-state index >= 15 is 0 Å². The standard InChI is InChI=1S/C15H26N2O/c1-5-16-10-11-17(3)13(2)12-14-8-6-7-9-15(14)18-4/h6-9,13,16H,5,10-12H2,1-4H3. The summed E-state index contributed by atoms with van der Waals surface area (Å²) in [7, 11) is 3.91. The molecule has 0 bridgehead atoms. The molecule has 0 radical (unpaired) electrons. The van der Waals surface area contributed by atoms with Gasteiger partial charge in [0.15, 0.2) is 0 Å². The van der Waals surface area contributed by atoms with Gasteiger partial charge < -0.3 is 15.0 Å². The number of benzene rings is 1. The van der Waals surface area contributed by atoms with E-state index in [4.69, 9.17) is 4.74 Å². The summed E-state index contributed by atoms with van der Waals surface area (Å²) in [6, 6.07) is 8.78. The van der Waals surface area contributed by atoms with E-state index in [-0.39, 0.29) is 0 Å². The van der Waals surface area contributed by atoms with Gasteiger partial charge in [0.05, 0.1) is 7.11 Å². The van der Waals surface area contributed by atoms with Gasteiger partial charge in [0.1, 0.15) is 5.75 Å². The third-order valence-corrected chi connectivity index (χ3v) is 3.35. The lowest BCUT2D eigenvalue weighted by Crippen LogP contribution is -2.36. The zero-order valence-electron chi connectivity index (χ0n) is 12.1. The maximum atomic E-state index is 5.39. The van der Waals surface area contributed by atoms with Crippen LogP contribution in [0.2, 0.25) is 0 Å². The van der Waals surface area contributed by atoms with Crippen molar-refractivity contribution in [3.05, 3.63) is 29.8 Å². The summed E-state index contributed by atoms with van der Waals surface area (Å²) in [6.07, 6.45) is 1.02. The lowest BCUT2D eigenvalue weighted by molar-refractivity contribution is 0.255. The SMILES string of the molecule is CCNCCN(C)C(C)Cc1ccccc1OC. The van der Waals surface area contributed by atoms with Crippen molar-refractivity contribution in [1.82, 2.24) is 10.2 Å². The Morgan fingerprint density at radius 3 is 2.72 bits per heavy atom. The van der Waals surface area contributed by atoms with Crippen LogP contribution in [0.15, 0.2) is 24.3 Å². The van der Waals surface area contributed by atoms with E-state index < -0.39 is 0 Å². The summed E-state index contributed by atoms with van der Waals surface area (Å²) in [5, 5.41) is 3.35. The number of hydrogen-bond acceptors (Lipinski definition) is 3. The van der Waals surface area contributed by atoms with E-state index in [1.54, 1.807) is 7.11 Å².